The minimum Gasteiger partial charge on any atom is -0.352 e. The standard InChI is InChI=1S/C24H25ClN2O2/c25-22-11-5-4-10-21(22)17-26-23(28)14-12-20-9-6-16-27(18-20)24(29)15-13-19-7-2-1-3-8-19/h1-5,7-8,10-11,20H,6,9,12,14,16-18H2,(H,26,28). The molecule has 1 N–H and O–H groups in total. The van der Waals surface area contributed by atoms with Gasteiger partial charge in [-0.3, -0.25) is 9.59 Å². The van der Waals surface area contributed by atoms with Crippen LogP contribution in [0.5, 0.6) is 0 Å². The monoisotopic (exact) mass is 408 g/mol. The molecule has 2 amide bonds. The van der Waals surface area contributed by atoms with Crippen molar-refractivity contribution in [3.63, 3.8) is 0 Å². The number of hydrogen-bond donors (Lipinski definition) is 1. The van der Waals surface area contributed by atoms with E-state index in [1.807, 2.05) is 59.5 Å². The Labute approximate surface area is 177 Å². The van der Waals surface area contributed by atoms with Crippen molar-refractivity contribution in [1.82, 2.24) is 10.2 Å². The molecule has 150 valence electrons. The summed E-state index contributed by atoms with van der Waals surface area (Å²) in [6, 6.07) is 17.0. The van der Waals surface area contributed by atoms with Crippen molar-refractivity contribution in [3.05, 3.63) is 70.7 Å². The van der Waals surface area contributed by atoms with Crippen LogP contribution in [0.25, 0.3) is 0 Å². The number of likely N-dealkylation sites (tertiary alicyclic amines) is 1. The molecule has 1 atom stereocenters. The summed E-state index contributed by atoms with van der Waals surface area (Å²) in [5.41, 5.74) is 1.75. The minimum absolute atomic E-state index is 0.0113. The second-order valence-corrected chi connectivity index (χ2v) is 7.69. The number of piperidine rings is 1. The quantitative estimate of drug-likeness (QED) is 0.759. The lowest BCUT2D eigenvalue weighted by atomic mass is 9.93. The van der Waals surface area contributed by atoms with Gasteiger partial charge in [-0.1, -0.05) is 53.9 Å². The van der Waals surface area contributed by atoms with Crippen LogP contribution in [-0.4, -0.2) is 29.8 Å². The average molecular weight is 409 g/mol. The fourth-order valence-corrected chi connectivity index (χ4v) is 3.67. The van der Waals surface area contributed by atoms with E-state index >= 15 is 0 Å². The van der Waals surface area contributed by atoms with Gasteiger partial charge in [0.2, 0.25) is 5.91 Å². The van der Waals surface area contributed by atoms with Crippen molar-refractivity contribution < 1.29 is 9.59 Å². The maximum absolute atomic E-state index is 12.4. The van der Waals surface area contributed by atoms with E-state index in [1.165, 1.54) is 0 Å². The molecule has 1 aliphatic rings. The van der Waals surface area contributed by atoms with Gasteiger partial charge in [0, 0.05) is 42.6 Å². The van der Waals surface area contributed by atoms with Crippen molar-refractivity contribution in [3.8, 4) is 11.8 Å². The van der Waals surface area contributed by atoms with Crippen LogP contribution in [0, 0.1) is 17.8 Å². The summed E-state index contributed by atoms with van der Waals surface area (Å²) in [4.78, 5) is 26.4. The first-order valence-corrected chi connectivity index (χ1v) is 10.4. The number of carbonyl (C=O) groups is 2. The van der Waals surface area contributed by atoms with Gasteiger partial charge in [-0.15, -0.1) is 0 Å². The molecule has 1 aliphatic heterocycles. The van der Waals surface area contributed by atoms with Crippen molar-refractivity contribution in [2.75, 3.05) is 13.1 Å². The van der Waals surface area contributed by atoms with Gasteiger partial charge in [0.05, 0.1) is 0 Å². The van der Waals surface area contributed by atoms with E-state index in [1.54, 1.807) is 0 Å². The fourth-order valence-electron chi connectivity index (χ4n) is 3.47. The van der Waals surface area contributed by atoms with Gasteiger partial charge in [-0.05, 0) is 48.9 Å². The molecule has 2 aromatic rings. The lowest BCUT2D eigenvalue weighted by Gasteiger charge is -2.31. The number of nitrogens with zero attached hydrogens (tertiary/aromatic N) is 1. The van der Waals surface area contributed by atoms with Gasteiger partial charge in [-0.25, -0.2) is 0 Å². The van der Waals surface area contributed by atoms with Crippen LogP contribution in [0.1, 0.15) is 36.8 Å². The number of rotatable bonds is 5. The Morgan fingerprint density at radius 1 is 1.10 bits per heavy atom. The molecule has 2 aromatic carbocycles. The van der Waals surface area contributed by atoms with Crippen molar-refractivity contribution >= 4 is 23.4 Å². The summed E-state index contributed by atoms with van der Waals surface area (Å²) in [7, 11) is 0. The molecule has 1 heterocycles. The van der Waals surface area contributed by atoms with Crippen LogP contribution in [-0.2, 0) is 16.1 Å². The summed E-state index contributed by atoms with van der Waals surface area (Å²) >= 11 is 6.12. The zero-order chi connectivity index (χ0) is 20.5. The Balaban J connectivity index is 1.43. The van der Waals surface area contributed by atoms with Crippen LogP contribution < -0.4 is 5.32 Å². The number of carbonyl (C=O) groups excluding carboxylic acids is 2. The predicted molar refractivity (Wildman–Crippen MR) is 115 cm³/mol. The SMILES string of the molecule is O=C(CCC1CCCN(C(=O)C#Cc2ccccc2)C1)NCc1ccccc1Cl. The Kier molecular flexibility index (Phi) is 7.72. The lowest BCUT2D eigenvalue weighted by Crippen LogP contribution is -2.39. The van der Waals surface area contributed by atoms with E-state index in [0.29, 0.717) is 30.5 Å². The molecule has 1 saturated heterocycles. The van der Waals surface area contributed by atoms with Crippen molar-refractivity contribution in [2.24, 2.45) is 5.92 Å². The maximum Gasteiger partial charge on any atom is 0.298 e. The Morgan fingerprint density at radius 3 is 2.66 bits per heavy atom. The molecule has 3 rings (SSSR count). The molecule has 0 aliphatic carbocycles. The highest BCUT2D eigenvalue weighted by atomic mass is 35.5. The molecule has 29 heavy (non-hydrogen) atoms. The Morgan fingerprint density at radius 2 is 1.86 bits per heavy atom. The molecule has 0 spiro atoms. The molecule has 1 unspecified atom stereocenters. The number of nitrogens with one attached hydrogen (secondary N) is 1. The summed E-state index contributed by atoms with van der Waals surface area (Å²) < 4.78 is 0. The third-order valence-corrected chi connectivity index (χ3v) is 5.48. The van der Waals surface area contributed by atoms with Crippen LogP contribution in [0.2, 0.25) is 5.02 Å². The van der Waals surface area contributed by atoms with E-state index in [2.05, 4.69) is 17.2 Å². The highest BCUT2D eigenvalue weighted by Gasteiger charge is 2.23. The number of hydrogen-bond acceptors (Lipinski definition) is 2. The third-order valence-electron chi connectivity index (χ3n) is 5.11. The number of halogens is 1. The smallest absolute Gasteiger partial charge is 0.298 e. The molecule has 0 radical (unpaired) electrons. The largest absolute Gasteiger partial charge is 0.352 e. The summed E-state index contributed by atoms with van der Waals surface area (Å²) in [6.07, 6.45) is 3.20. The van der Waals surface area contributed by atoms with Crippen LogP contribution >= 0.6 is 11.6 Å². The maximum atomic E-state index is 12.4. The highest BCUT2D eigenvalue weighted by molar-refractivity contribution is 6.31. The lowest BCUT2D eigenvalue weighted by molar-refractivity contribution is -0.126. The summed E-state index contributed by atoms with van der Waals surface area (Å²) in [6.45, 7) is 1.83. The molecule has 0 bridgehead atoms. The van der Waals surface area contributed by atoms with Gasteiger partial charge in [0.15, 0.2) is 0 Å². The summed E-state index contributed by atoms with van der Waals surface area (Å²) in [5, 5.41) is 3.58. The first-order valence-electron chi connectivity index (χ1n) is 9.98. The molecule has 0 aromatic heterocycles. The van der Waals surface area contributed by atoms with Gasteiger partial charge in [-0.2, -0.15) is 0 Å². The fraction of sp³-hybridized carbons (Fsp3) is 0.333. The normalized spacial score (nSPS) is 15.9. The van der Waals surface area contributed by atoms with E-state index in [4.69, 9.17) is 11.6 Å². The molecule has 0 saturated carbocycles. The van der Waals surface area contributed by atoms with Crippen molar-refractivity contribution in [2.45, 2.75) is 32.2 Å². The first kappa shape index (κ1) is 21.0. The van der Waals surface area contributed by atoms with Crippen LogP contribution in [0.15, 0.2) is 54.6 Å². The number of amides is 2. The van der Waals surface area contributed by atoms with Gasteiger partial charge in [0.25, 0.3) is 5.91 Å². The highest BCUT2D eigenvalue weighted by Crippen LogP contribution is 2.21. The van der Waals surface area contributed by atoms with Gasteiger partial charge < -0.3 is 10.2 Å². The second-order valence-electron chi connectivity index (χ2n) is 7.28. The minimum atomic E-state index is -0.137. The zero-order valence-corrected chi connectivity index (χ0v) is 17.1. The molecule has 4 nitrogen and oxygen atoms in total. The summed E-state index contributed by atoms with van der Waals surface area (Å²) in [5.74, 6) is 5.88. The molecule has 5 heteroatoms. The zero-order valence-electron chi connectivity index (χ0n) is 16.4. The van der Waals surface area contributed by atoms with Crippen LogP contribution in [0.4, 0.5) is 0 Å². The van der Waals surface area contributed by atoms with Crippen LogP contribution in [0.3, 0.4) is 0 Å². The Bertz CT molecular complexity index is 902. The van der Waals surface area contributed by atoms with Crippen molar-refractivity contribution in [1.29, 1.82) is 0 Å². The Hall–Kier alpha value is -2.77. The van der Waals surface area contributed by atoms with Gasteiger partial charge in [0.1, 0.15) is 0 Å². The van der Waals surface area contributed by atoms with Gasteiger partial charge >= 0.3 is 0 Å². The van der Waals surface area contributed by atoms with E-state index in [0.717, 1.165) is 36.9 Å². The molecular weight excluding hydrogens is 384 g/mol. The van der Waals surface area contributed by atoms with E-state index in [-0.39, 0.29) is 11.8 Å². The second kappa shape index (κ2) is 10.7. The van der Waals surface area contributed by atoms with E-state index < -0.39 is 0 Å². The topological polar surface area (TPSA) is 49.4 Å². The molecular formula is C24H25ClN2O2. The number of benzene rings is 2. The first-order chi connectivity index (χ1) is 14.1. The average Bonchev–Trinajstić information content (AvgIpc) is 2.76. The predicted octanol–water partition coefficient (Wildman–Crippen LogP) is 4.03. The molecule has 1 fully saturated rings. The van der Waals surface area contributed by atoms with E-state index in [9.17, 15) is 9.59 Å². The third kappa shape index (κ3) is 6.66.